The molecule has 1 atom stereocenters. The summed E-state index contributed by atoms with van der Waals surface area (Å²) in [7, 11) is 3.81. The summed E-state index contributed by atoms with van der Waals surface area (Å²) < 4.78 is 11.3. The molecule has 0 aliphatic heterocycles. The predicted octanol–water partition coefficient (Wildman–Crippen LogP) is 0.235. The van der Waals surface area contributed by atoms with Crippen molar-refractivity contribution < 1.29 is 41.1 Å². The van der Waals surface area contributed by atoms with Crippen molar-refractivity contribution in [2.45, 2.75) is 52.1 Å². The van der Waals surface area contributed by atoms with E-state index >= 15 is 0 Å². The highest BCUT2D eigenvalue weighted by molar-refractivity contribution is 5.81. The number of carbonyl (C=O) groups excluding carboxylic acids is 2. The Morgan fingerprint density at radius 2 is 1.60 bits per heavy atom. The lowest BCUT2D eigenvalue weighted by Crippen LogP contribution is -3.00. The van der Waals surface area contributed by atoms with E-state index < -0.39 is 17.0 Å². The van der Waals surface area contributed by atoms with Gasteiger partial charge in [0.05, 0.1) is 19.5 Å². The third kappa shape index (κ3) is 6.69. The molecule has 0 aromatic heterocycles. The van der Waals surface area contributed by atoms with E-state index in [1.807, 2.05) is 53.1 Å². The number of nitrogens with zero attached hydrogens (tertiary/aromatic N) is 1. The maximum atomic E-state index is 13.0. The molecule has 1 fully saturated rings. The molecular formula is C23H36ClNO5. The van der Waals surface area contributed by atoms with Crippen LogP contribution in [0, 0.1) is 11.3 Å². The fourth-order valence-corrected chi connectivity index (χ4v) is 3.57. The van der Waals surface area contributed by atoms with Crippen molar-refractivity contribution in [3.63, 3.8) is 0 Å². The Hall–Kier alpha value is -1.63. The summed E-state index contributed by atoms with van der Waals surface area (Å²) in [6.07, 6.45) is 3.64. The number of hydrogen-bond acceptors (Lipinski definition) is 5. The van der Waals surface area contributed by atoms with Crippen LogP contribution in [0.3, 0.4) is 0 Å². The smallest absolute Gasteiger partial charge is 0.343 e. The first-order valence-corrected chi connectivity index (χ1v) is 10.4. The number of halogens is 1. The number of benzene rings is 1. The fourth-order valence-electron chi connectivity index (χ4n) is 3.57. The molecular weight excluding hydrogens is 406 g/mol. The largest absolute Gasteiger partial charge is 1.00 e. The summed E-state index contributed by atoms with van der Waals surface area (Å²) in [4.78, 5) is 24.9. The molecule has 0 radical (unpaired) electrons. The van der Waals surface area contributed by atoms with E-state index in [9.17, 15) is 14.7 Å². The normalized spacial score (nSPS) is 17.0. The predicted molar refractivity (Wildman–Crippen MR) is 111 cm³/mol. The van der Waals surface area contributed by atoms with Crippen molar-refractivity contribution in [1.82, 2.24) is 0 Å². The molecule has 2 rings (SSSR count). The van der Waals surface area contributed by atoms with Crippen molar-refractivity contribution in [1.29, 1.82) is 0 Å². The van der Waals surface area contributed by atoms with E-state index in [1.54, 1.807) is 12.1 Å². The lowest BCUT2D eigenvalue weighted by atomic mass is 9.80. The van der Waals surface area contributed by atoms with Gasteiger partial charge in [0, 0.05) is 5.92 Å². The standard InChI is InChI=1S/C23H36NO5.ClH/c1-22(2,3)20(25)29-17-24(4,5)15-16-28-21(26)23(27,19-13-9-10-14-19)18-11-7-6-8-12-18;/h6-8,11-12,19,27H,9-10,13-17H2,1-5H3;1H/q+1;/p-1. The van der Waals surface area contributed by atoms with Crippen LogP contribution in [-0.4, -0.2) is 55.5 Å². The third-order valence-electron chi connectivity index (χ3n) is 5.56. The molecule has 1 aliphatic carbocycles. The Labute approximate surface area is 186 Å². The highest BCUT2D eigenvalue weighted by Crippen LogP contribution is 2.41. The minimum atomic E-state index is -1.62. The second-order valence-electron chi connectivity index (χ2n) is 9.72. The van der Waals surface area contributed by atoms with Crippen LogP contribution >= 0.6 is 0 Å². The monoisotopic (exact) mass is 441 g/mol. The molecule has 0 spiro atoms. The summed E-state index contributed by atoms with van der Waals surface area (Å²) >= 11 is 0. The van der Waals surface area contributed by atoms with Gasteiger partial charge in [-0.1, -0.05) is 43.2 Å². The van der Waals surface area contributed by atoms with Crippen LogP contribution in [-0.2, 0) is 24.7 Å². The van der Waals surface area contributed by atoms with E-state index in [0.717, 1.165) is 25.7 Å². The van der Waals surface area contributed by atoms with E-state index in [4.69, 9.17) is 9.47 Å². The van der Waals surface area contributed by atoms with Crippen LogP contribution in [0.4, 0.5) is 0 Å². The van der Waals surface area contributed by atoms with Gasteiger partial charge >= 0.3 is 11.9 Å². The van der Waals surface area contributed by atoms with Gasteiger partial charge in [0.25, 0.3) is 0 Å². The highest BCUT2D eigenvalue weighted by Gasteiger charge is 2.47. The van der Waals surface area contributed by atoms with Crippen molar-refractivity contribution >= 4 is 11.9 Å². The molecule has 0 amide bonds. The van der Waals surface area contributed by atoms with Crippen LogP contribution in [0.2, 0.25) is 0 Å². The van der Waals surface area contributed by atoms with Crippen molar-refractivity contribution in [3.05, 3.63) is 35.9 Å². The van der Waals surface area contributed by atoms with Gasteiger partial charge in [0.2, 0.25) is 6.73 Å². The Morgan fingerprint density at radius 3 is 2.13 bits per heavy atom. The molecule has 7 heteroatoms. The van der Waals surface area contributed by atoms with Gasteiger partial charge in [0.15, 0.2) is 5.60 Å². The Morgan fingerprint density at radius 1 is 1.03 bits per heavy atom. The topological polar surface area (TPSA) is 72.8 Å². The van der Waals surface area contributed by atoms with Gasteiger partial charge in [-0.2, -0.15) is 0 Å². The summed E-state index contributed by atoms with van der Waals surface area (Å²) in [5, 5.41) is 11.4. The highest BCUT2D eigenvalue weighted by atomic mass is 35.5. The van der Waals surface area contributed by atoms with Crippen LogP contribution in [0.15, 0.2) is 30.3 Å². The molecule has 1 aliphatic rings. The maximum Gasteiger partial charge on any atom is 0.343 e. The van der Waals surface area contributed by atoms with Crippen molar-refractivity contribution in [2.24, 2.45) is 11.3 Å². The zero-order chi connectivity index (χ0) is 21.7. The fraction of sp³-hybridized carbons (Fsp3) is 0.652. The Balaban J connectivity index is 0.00000450. The molecule has 1 N–H and O–H groups in total. The van der Waals surface area contributed by atoms with Gasteiger partial charge in [-0.25, -0.2) is 4.79 Å². The van der Waals surface area contributed by atoms with Crippen LogP contribution in [0.25, 0.3) is 0 Å². The van der Waals surface area contributed by atoms with Gasteiger partial charge in [-0.3, -0.25) is 9.28 Å². The molecule has 30 heavy (non-hydrogen) atoms. The maximum absolute atomic E-state index is 13.0. The lowest BCUT2D eigenvalue weighted by Gasteiger charge is -2.33. The first-order chi connectivity index (χ1) is 13.5. The molecule has 0 heterocycles. The third-order valence-corrected chi connectivity index (χ3v) is 5.56. The van der Waals surface area contributed by atoms with Crippen molar-refractivity contribution in [3.8, 4) is 0 Å². The lowest BCUT2D eigenvalue weighted by molar-refractivity contribution is -0.907. The van der Waals surface area contributed by atoms with E-state index in [0.29, 0.717) is 16.6 Å². The number of likely N-dealkylation sites (N-methyl/N-ethyl adjacent to an activating group) is 1. The average molecular weight is 442 g/mol. The Bertz CT molecular complexity index is 695. The summed E-state index contributed by atoms with van der Waals surface area (Å²) in [5.74, 6) is -0.990. The molecule has 1 aromatic carbocycles. The van der Waals surface area contributed by atoms with Gasteiger partial charge < -0.3 is 27.0 Å². The van der Waals surface area contributed by atoms with Crippen LogP contribution < -0.4 is 12.4 Å². The summed E-state index contributed by atoms with van der Waals surface area (Å²) in [6.45, 7) is 6.23. The van der Waals surface area contributed by atoms with Gasteiger partial charge in [-0.05, 0) is 39.2 Å². The number of quaternary nitrogens is 1. The first kappa shape index (κ1) is 26.4. The molecule has 0 bridgehead atoms. The van der Waals surface area contributed by atoms with Crippen LogP contribution in [0.1, 0.15) is 52.0 Å². The first-order valence-electron chi connectivity index (χ1n) is 10.4. The molecule has 1 aromatic rings. The summed E-state index contributed by atoms with van der Waals surface area (Å²) in [5.41, 5.74) is -1.59. The second-order valence-corrected chi connectivity index (χ2v) is 9.72. The second kappa shape index (κ2) is 10.6. The molecule has 0 saturated heterocycles. The number of hydrogen-bond donors (Lipinski definition) is 1. The number of rotatable bonds is 8. The molecule has 1 saturated carbocycles. The van der Waals surface area contributed by atoms with E-state index in [1.165, 1.54) is 0 Å². The van der Waals surface area contributed by atoms with E-state index in [-0.39, 0.29) is 37.6 Å². The van der Waals surface area contributed by atoms with E-state index in [2.05, 4.69) is 0 Å². The number of ether oxygens (including phenoxy) is 2. The van der Waals surface area contributed by atoms with Gasteiger partial charge in [0.1, 0.15) is 13.2 Å². The molecule has 6 nitrogen and oxygen atoms in total. The Kier molecular flexibility index (Phi) is 9.33. The number of esters is 2. The minimum absolute atomic E-state index is 0. The summed E-state index contributed by atoms with van der Waals surface area (Å²) in [6, 6.07) is 9.08. The molecule has 1 unspecified atom stereocenters. The van der Waals surface area contributed by atoms with Crippen LogP contribution in [0.5, 0.6) is 0 Å². The quantitative estimate of drug-likeness (QED) is 0.355. The zero-order valence-electron chi connectivity index (χ0n) is 18.8. The zero-order valence-corrected chi connectivity index (χ0v) is 19.6. The average Bonchev–Trinajstić information content (AvgIpc) is 3.20. The molecule has 170 valence electrons. The van der Waals surface area contributed by atoms with Gasteiger partial charge in [-0.15, -0.1) is 0 Å². The SMILES string of the molecule is CC(C)(C)C(=O)OC[N+](C)(C)CCOC(=O)C(O)(c1ccccc1)C1CCCC1.[Cl-]. The number of aliphatic hydroxyl groups is 1. The number of carbonyl (C=O) groups is 2. The van der Waals surface area contributed by atoms with Crippen molar-refractivity contribution in [2.75, 3.05) is 34.0 Å². The minimum Gasteiger partial charge on any atom is -1.00 e.